The zero-order valence-corrected chi connectivity index (χ0v) is 13.2. The van der Waals surface area contributed by atoms with Crippen LogP contribution in [0, 0.1) is 0 Å². The Balaban J connectivity index is 1.86. The zero-order valence-electron chi connectivity index (χ0n) is 13.2. The summed E-state index contributed by atoms with van der Waals surface area (Å²) >= 11 is 0. The smallest absolute Gasteiger partial charge is 0.264 e. The Labute approximate surface area is 125 Å². The number of rotatable bonds is 8. The van der Waals surface area contributed by atoms with Gasteiger partial charge >= 0.3 is 0 Å². The summed E-state index contributed by atoms with van der Waals surface area (Å²) in [5, 5.41) is 8.15. The molecule has 0 saturated heterocycles. The normalized spacial score (nSPS) is 12.9. The predicted octanol–water partition coefficient (Wildman–Crippen LogP) is 1.69. The lowest BCUT2D eigenvalue weighted by Crippen LogP contribution is -2.26. The van der Waals surface area contributed by atoms with Crippen molar-refractivity contribution in [1.29, 1.82) is 0 Å². The van der Waals surface area contributed by atoms with Gasteiger partial charge in [0.2, 0.25) is 0 Å². The molecule has 0 aliphatic heterocycles. The van der Waals surface area contributed by atoms with Crippen molar-refractivity contribution in [2.75, 3.05) is 6.54 Å². The van der Waals surface area contributed by atoms with Crippen molar-refractivity contribution >= 4 is 11.0 Å². The third-order valence-electron chi connectivity index (χ3n) is 3.75. The van der Waals surface area contributed by atoms with Crippen molar-refractivity contribution in [2.45, 2.75) is 52.1 Å². The third kappa shape index (κ3) is 3.91. The van der Waals surface area contributed by atoms with Gasteiger partial charge in [-0.15, -0.1) is 0 Å². The summed E-state index contributed by atoms with van der Waals surface area (Å²) in [4.78, 5) is 16.6. The highest BCUT2D eigenvalue weighted by molar-refractivity contribution is 5.72. The summed E-state index contributed by atoms with van der Waals surface area (Å²) in [5.41, 5.74) is 0.652. The molecule has 2 aromatic heterocycles. The van der Waals surface area contributed by atoms with E-state index in [9.17, 15) is 4.79 Å². The molecule has 2 aromatic rings. The van der Waals surface area contributed by atoms with Crippen molar-refractivity contribution in [1.82, 2.24) is 24.6 Å². The van der Waals surface area contributed by atoms with Gasteiger partial charge in [0, 0.05) is 19.6 Å². The Morgan fingerprint density at radius 1 is 1.38 bits per heavy atom. The topological polar surface area (TPSA) is 64.7 Å². The van der Waals surface area contributed by atoms with Gasteiger partial charge in [-0.05, 0) is 32.7 Å². The van der Waals surface area contributed by atoms with Crippen LogP contribution in [0.5, 0.6) is 0 Å². The average molecular weight is 291 g/mol. The summed E-state index contributed by atoms with van der Waals surface area (Å²) in [5.74, 6) is 0. The standard InChI is InChI=1S/C15H25N5O/c1-4-8-16-12(2)7-5-6-9-20-11-17-14-13(15(20)21)10-18-19(14)3/h10-12,16H,4-9H2,1-3H3. The molecule has 6 nitrogen and oxygen atoms in total. The summed E-state index contributed by atoms with van der Waals surface area (Å²) in [6.07, 6.45) is 7.62. The number of unbranched alkanes of at least 4 members (excludes halogenated alkanes) is 1. The van der Waals surface area contributed by atoms with E-state index in [1.54, 1.807) is 28.8 Å². The molecule has 1 N–H and O–H groups in total. The molecule has 2 heterocycles. The average Bonchev–Trinajstić information content (AvgIpc) is 2.85. The Morgan fingerprint density at radius 3 is 2.95 bits per heavy atom. The van der Waals surface area contributed by atoms with Gasteiger partial charge in [0.05, 0.1) is 12.5 Å². The first kappa shape index (κ1) is 15.7. The number of hydrogen-bond donors (Lipinski definition) is 1. The van der Waals surface area contributed by atoms with Gasteiger partial charge < -0.3 is 5.32 Å². The van der Waals surface area contributed by atoms with Crippen molar-refractivity contribution in [3.63, 3.8) is 0 Å². The minimum atomic E-state index is 0.00487. The lowest BCUT2D eigenvalue weighted by atomic mass is 10.1. The molecule has 0 bridgehead atoms. The van der Waals surface area contributed by atoms with Gasteiger partial charge in [-0.3, -0.25) is 14.0 Å². The van der Waals surface area contributed by atoms with E-state index in [-0.39, 0.29) is 5.56 Å². The largest absolute Gasteiger partial charge is 0.314 e. The molecule has 1 unspecified atom stereocenters. The molecular formula is C15H25N5O. The first-order chi connectivity index (χ1) is 10.1. The highest BCUT2D eigenvalue weighted by atomic mass is 16.1. The van der Waals surface area contributed by atoms with E-state index in [0.29, 0.717) is 17.1 Å². The number of nitrogens with one attached hydrogen (secondary N) is 1. The van der Waals surface area contributed by atoms with Gasteiger partial charge in [0.15, 0.2) is 5.65 Å². The van der Waals surface area contributed by atoms with Crippen LogP contribution in [0.3, 0.4) is 0 Å². The number of hydrogen-bond acceptors (Lipinski definition) is 4. The van der Waals surface area contributed by atoms with Gasteiger partial charge in [-0.2, -0.15) is 5.10 Å². The summed E-state index contributed by atoms with van der Waals surface area (Å²) in [7, 11) is 1.80. The Kier molecular flexibility index (Phi) is 5.50. The van der Waals surface area contributed by atoms with Crippen LogP contribution < -0.4 is 10.9 Å². The zero-order chi connectivity index (χ0) is 15.2. The van der Waals surface area contributed by atoms with E-state index in [2.05, 4.69) is 29.2 Å². The summed E-state index contributed by atoms with van der Waals surface area (Å²) < 4.78 is 3.32. The van der Waals surface area contributed by atoms with Crippen LogP contribution in [0.25, 0.3) is 11.0 Å². The lowest BCUT2D eigenvalue weighted by Gasteiger charge is -2.12. The number of nitrogens with zero attached hydrogens (tertiary/aromatic N) is 4. The molecule has 0 aliphatic rings. The fourth-order valence-electron chi connectivity index (χ4n) is 2.45. The fourth-order valence-corrected chi connectivity index (χ4v) is 2.45. The third-order valence-corrected chi connectivity index (χ3v) is 3.75. The van der Waals surface area contributed by atoms with Crippen LogP contribution in [-0.4, -0.2) is 31.9 Å². The first-order valence-corrected chi connectivity index (χ1v) is 7.74. The van der Waals surface area contributed by atoms with Crippen LogP contribution in [-0.2, 0) is 13.6 Å². The second-order valence-corrected chi connectivity index (χ2v) is 5.60. The first-order valence-electron chi connectivity index (χ1n) is 7.74. The van der Waals surface area contributed by atoms with Crippen molar-refractivity contribution in [3.8, 4) is 0 Å². The maximum absolute atomic E-state index is 12.3. The monoisotopic (exact) mass is 291 g/mol. The lowest BCUT2D eigenvalue weighted by molar-refractivity contribution is 0.473. The van der Waals surface area contributed by atoms with E-state index in [1.807, 2.05) is 0 Å². The van der Waals surface area contributed by atoms with Crippen molar-refractivity contribution < 1.29 is 0 Å². The van der Waals surface area contributed by atoms with E-state index in [4.69, 9.17) is 0 Å². The predicted molar refractivity (Wildman–Crippen MR) is 84.4 cm³/mol. The molecule has 1 atom stereocenters. The summed E-state index contributed by atoms with van der Waals surface area (Å²) in [6.45, 7) is 6.18. The SMILES string of the molecule is CCCNC(C)CCCCn1cnc2c(cnn2C)c1=O. The van der Waals surface area contributed by atoms with Gasteiger partial charge in [-0.1, -0.05) is 13.3 Å². The van der Waals surface area contributed by atoms with E-state index < -0.39 is 0 Å². The summed E-state index contributed by atoms with van der Waals surface area (Å²) in [6, 6.07) is 0.542. The van der Waals surface area contributed by atoms with Gasteiger partial charge in [0.1, 0.15) is 5.39 Å². The molecule has 116 valence electrons. The quantitative estimate of drug-likeness (QED) is 0.752. The minimum absolute atomic E-state index is 0.00487. The van der Waals surface area contributed by atoms with Gasteiger partial charge in [-0.25, -0.2) is 4.98 Å². The molecule has 0 saturated carbocycles. The molecule has 0 spiro atoms. The number of aromatic nitrogens is 4. The maximum atomic E-state index is 12.3. The molecule has 0 aromatic carbocycles. The van der Waals surface area contributed by atoms with Gasteiger partial charge in [0.25, 0.3) is 5.56 Å². The number of fused-ring (bicyclic) bond motifs is 1. The second kappa shape index (κ2) is 7.36. The molecule has 6 heteroatoms. The van der Waals surface area contributed by atoms with E-state index in [1.165, 1.54) is 0 Å². The molecule has 21 heavy (non-hydrogen) atoms. The van der Waals surface area contributed by atoms with Crippen LogP contribution in [0.4, 0.5) is 0 Å². The van der Waals surface area contributed by atoms with Crippen LogP contribution in [0.1, 0.15) is 39.5 Å². The van der Waals surface area contributed by atoms with Crippen LogP contribution in [0.2, 0.25) is 0 Å². The van der Waals surface area contributed by atoms with Crippen molar-refractivity contribution in [2.24, 2.45) is 7.05 Å². The van der Waals surface area contributed by atoms with E-state index in [0.717, 1.165) is 38.8 Å². The minimum Gasteiger partial charge on any atom is -0.314 e. The van der Waals surface area contributed by atoms with Crippen LogP contribution >= 0.6 is 0 Å². The highest BCUT2D eigenvalue weighted by Gasteiger charge is 2.07. The second-order valence-electron chi connectivity index (χ2n) is 5.60. The Morgan fingerprint density at radius 2 is 2.19 bits per heavy atom. The molecule has 0 aliphatic carbocycles. The Bertz CT molecular complexity index is 631. The molecule has 0 amide bonds. The molecular weight excluding hydrogens is 266 g/mol. The van der Waals surface area contributed by atoms with Crippen LogP contribution in [0.15, 0.2) is 17.3 Å². The number of aryl methyl sites for hydroxylation is 2. The molecule has 2 rings (SSSR count). The highest BCUT2D eigenvalue weighted by Crippen LogP contribution is 2.05. The van der Waals surface area contributed by atoms with Crippen molar-refractivity contribution in [3.05, 3.63) is 22.9 Å². The van der Waals surface area contributed by atoms with E-state index >= 15 is 0 Å². The maximum Gasteiger partial charge on any atom is 0.264 e. The Hall–Kier alpha value is -1.69. The molecule has 0 radical (unpaired) electrons. The molecule has 0 fully saturated rings. The fraction of sp³-hybridized carbons (Fsp3) is 0.667.